The number of nitrogens with one attached hydrogen (secondary N) is 1. The number of carbonyl (C=O) groups excluding carboxylic acids is 1. The molecule has 0 fully saturated rings. The van der Waals surface area contributed by atoms with Gasteiger partial charge in [-0.3, -0.25) is 4.79 Å². The van der Waals surface area contributed by atoms with Gasteiger partial charge in [-0.1, -0.05) is 0 Å². The van der Waals surface area contributed by atoms with Gasteiger partial charge in [0.05, 0.1) is 0 Å². The summed E-state index contributed by atoms with van der Waals surface area (Å²) in [6.07, 6.45) is 0. The zero-order chi connectivity index (χ0) is 14.7. The second-order valence-corrected chi connectivity index (χ2v) is 4.56. The second-order valence-electron chi connectivity index (χ2n) is 4.56. The highest BCUT2D eigenvalue weighted by Gasteiger charge is 2.08. The molecule has 2 aromatic carbocycles. The Morgan fingerprint density at radius 2 is 1.80 bits per heavy atom. The lowest BCUT2D eigenvalue weighted by Gasteiger charge is -2.12. The SMILES string of the molecule is CN(C)c1ccc(C(=O)Nc2ccc(O)c(F)c2)cc1. The van der Waals surface area contributed by atoms with E-state index < -0.39 is 11.6 Å². The molecule has 0 bridgehead atoms. The molecule has 0 unspecified atom stereocenters. The van der Waals surface area contributed by atoms with Crippen molar-refractivity contribution in [3.05, 3.63) is 53.8 Å². The number of nitrogens with zero attached hydrogens (tertiary/aromatic N) is 1. The molecule has 0 heterocycles. The van der Waals surface area contributed by atoms with E-state index in [0.717, 1.165) is 11.8 Å². The van der Waals surface area contributed by atoms with Crippen molar-refractivity contribution >= 4 is 17.3 Å². The summed E-state index contributed by atoms with van der Waals surface area (Å²) in [5.74, 6) is -1.55. The molecule has 1 amide bonds. The van der Waals surface area contributed by atoms with Gasteiger partial charge in [-0.25, -0.2) is 4.39 Å². The molecule has 0 aromatic heterocycles. The average molecular weight is 274 g/mol. The number of carbonyl (C=O) groups is 1. The van der Waals surface area contributed by atoms with E-state index in [0.29, 0.717) is 11.3 Å². The fourth-order valence-corrected chi connectivity index (χ4v) is 1.70. The molecule has 0 radical (unpaired) electrons. The summed E-state index contributed by atoms with van der Waals surface area (Å²) in [7, 11) is 3.82. The molecule has 0 aliphatic carbocycles. The van der Waals surface area contributed by atoms with E-state index in [2.05, 4.69) is 5.32 Å². The Balaban J connectivity index is 2.13. The third-order valence-electron chi connectivity index (χ3n) is 2.85. The predicted molar refractivity (Wildman–Crippen MR) is 76.8 cm³/mol. The highest BCUT2D eigenvalue weighted by molar-refractivity contribution is 6.04. The standard InChI is InChI=1S/C15H15FN2O2/c1-18(2)12-6-3-10(4-7-12)15(20)17-11-5-8-14(19)13(16)9-11/h3-9,19H,1-2H3,(H,17,20). The van der Waals surface area contributed by atoms with Gasteiger partial charge in [0.2, 0.25) is 0 Å². The molecular weight excluding hydrogens is 259 g/mol. The first-order valence-electron chi connectivity index (χ1n) is 6.04. The molecule has 0 spiro atoms. The molecule has 0 aliphatic heterocycles. The van der Waals surface area contributed by atoms with E-state index in [-0.39, 0.29) is 5.91 Å². The van der Waals surface area contributed by atoms with Gasteiger partial charge in [-0.15, -0.1) is 0 Å². The monoisotopic (exact) mass is 274 g/mol. The van der Waals surface area contributed by atoms with Crippen molar-refractivity contribution in [2.45, 2.75) is 0 Å². The van der Waals surface area contributed by atoms with Crippen LogP contribution in [0.4, 0.5) is 15.8 Å². The Labute approximate surface area is 116 Å². The van der Waals surface area contributed by atoms with Crippen LogP contribution in [0.25, 0.3) is 0 Å². The maximum atomic E-state index is 13.2. The van der Waals surface area contributed by atoms with Crippen LogP contribution in [0.2, 0.25) is 0 Å². The Bertz CT molecular complexity index is 624. The van der Waals surface area contributed by atoms with Gasteiger partial charge in [0, 0.05) is 37.1 Å². The minimum atomic E-state index is -0.772. The van der Waals surface area contributed by atoms with Gasteiger partial charge < -0.3 is 15.3 Å². The van der Waals surface area contributed by atoms with Gasteiger partial charge in [0.25, 0.3) is 5.91 Å². The van der Waals surface area contributed by atoms with Crippen molar-refractivity contribution in [2.75, 3.05) is 24.3 Å². The number of phenols is 1. The summed E-state index contributed by atoms with van der Waals surface area (Å²) in [5, 5.41) is 11.7. The second kappa shape index (κ2) is 5.61. The fourth-order valence-electron chi connectivity index (χ4n) is 1.70. The average Bonchev–Trinajstić information content (AvgIpc) is 2.43. The number of rotatable bonds is 3. The third-order valence-corrected chi connectivity index (χ3v) is 2.85. The zero-order valence-electron chi connectivity index (χ0n) is 11.2. The van der Waals surface area contributed by atoms with E-state index in [1.807, 2.05) is 31.1 Å². The molecule has 104 valence electrons. The number of hydrogen-bond acceptors (Lipinski definition) is 3. The molecule has 0 saturated heterocycles. The van der Waals surface area contributed by atoms with Crippen LogP contribution in [-0.4, -0.2) is 25.1 Å². The largest absolute Gasteiger partial charge is 0.505 e. The maximum absolute atomic E-state index is 13.2. The first-order valence-corrected chi connectivity index (χ1v) is 6.04. The lowest BCUT2D eigenvalue weighted by Crippen LogP contribution is -2.13. The maximum Gasteiger partial charge on any atom is 0.255 e. The van der Waals surface area contributed by atoms with Gasteiger partial charge in [0.1, 0.15) is 0 Å². The Hall–Kier alpha value is -2.56. The van der Waals surface area contributed by atoms with E-state index in [1.54, 1.807) is 12.1 Å². The Morgan fingerprint density at radius 1 is 1.15 bits per heavy atom. The highest BCUT2D eigenvalue weighted by atomic mass is 19.1. The molecule has 0 saturated carbocycles. The first-order chi connectivity index (χ1) is 9.47. The Kier molecular flexibility index (Phi) is 3.89. The van der Waals surface area contributed by atoms with Crippen LogP contribution in [0.5, 0.6) is 5.75 Å². The minimum absolute atomic E-state index is 0.294. The van der Waals surface area contributed by atoms with Crippen LogP contribution in [-0.2, 0) is 0 Å². The summed E-state index contributed by atoms with van der Waals surface area (Å²) >= 11 is 0. The number of phenolic OH excluding ortho intramolecular Hbond substituents is 1. The quantitative estimate of drug-likeness (QED) is 0.846. The third kappa shape index (κ3) is 3.06. The molecule has 4 nitrogen and oxygen atoms in total. The summed E-state index contributed by atoms with van der Waals surface area (Å²) in [5.41, 5.74) is 1.75. The summed E-state index contributed by atoms with van der Waals surface area (Å²) in [4.78, 5) is 13.9. The topological polar surface area (TPSA) is 52.6 Å². The number of hydrogen-bond donors (Lipinski definition) is 2. The molecule has 5 heteroatoms. The van der Waals surface area contributed by atoms with Crippen LogP contribution in [0.1, 0.15) is 10.4 Å². The molecule has 20 heavy (non-hydrogen) atoms. The van der Waals surface area contributed by atoms with Crippen LogP contribution in [0.3, 0.4) is 0 Å². The number of aromatic hydroxyl groups is 1. The number of amides is 1. The predicted octanol–water partition coefficient (Wildman–Crippen LogP) is 2.85. The van der Waals surface area contributed by atoms with Crippen molar-refractivity contribution in [3.63, 3.8) is 0 Å². The van der Waals surface area contributed by atoms with E-state index >= 15 is 0 Å². The first kappa shape index (κ1) is 13.9. The number of halogens is 1. The van der Waals surface area contributed by atoms with E-state index in [1.165, 1.54) is 12.1 Å². The van der Waals surface area contributed by atoms with Gasteiger partial charge in [-0.2, -0.15) is 0 Å². The molecule has 0 atom stereocenters. The minimum Gasteiger partial charge on any atom is -0.505 e. The van der Waals surface area contributed by atoms with Crippen LogP contribution < -0.4 is 10.2 Å². The lowest BCUT2D eigenvalue weighted by molar-refractivity contribution is 0.102. The van der Waals surface area contributed by atoms with Gasteiger partial charge in [0.15, 0.2) is 11.6 Å². The van der Waals surface area contributed by atoms with Crippen LogP contribution >= 0.6 is 0 Å². The summed E-state index contributed by atoms with van der Waals surface area (Å²) in [6.45, 7) is 0. The summed E-state index contributed by atoms with van der Waals surface area (Å²) < 4.78 is 13.2. The molecule has 2 N–H and O–H groups in total. The van der Waals surface area contributed by atoms with Crippen molar-refractivity contribution in [3.8, 4) is 5.75 Å². The van der Waals surface area contributed by atoms with Crippen molar-refractivity contribution in [1.82, 2.24) is 0 Å². The Morgan fingerprint density at radius 3 is 2.35 bits per heavy atom. The van der Waals surface area contributed by atoms with E-state index in [9.17, 15) is 9.18 Å². The van der Waals surface area contributed by atoms with Gasteiger partial charge >= 0.3 is 0 Å². The fraction of sp³-hybridized carbons (Fsp3) is 0.133. The van der Waals surface area contributed by atoms with Crippen LogP contribution in [0.15, 0.2) is 42.5 Å². The van der Waals surface area contributed by atoms with Crippen molar-refractivity contribution in [1.29, 1.82) is 0 Å². The lowest BCUT2D eigenvalue weighted by atomic mass is 10.2. The number of benzene rings is 2. The highest BCUT2D eigenvalue weighted by Crippen LogP contribution is 2.20. The smallest absolute Gasteiger partial charge is 0.255 e. The molecule has 2 aromatic rings. The van der Waals surface area contributed by atoms with Crippen LogP contribution in [0, 0.1) is 5.82 Å². The number of anilines is 2. The molecular formula is C15H15FN2O2. The molecule has 0 aliphatic rings. The van der Waals surface area contributed by atoms with Crippen molar-refractivity contribution < 1.29 is 14.3 Å². The van der Waals surface area contributed by atoms with Gasteiger partial charge in [-0.05, 0) is 36.4 Å². The molecule has 2 rings (SSSR count). The van der Waals surface area contributed by atoms with E-state index in [4.69, 9.17) is 5.11 Å². The summed E-state index contributed by atoms with van der Waals surface area (Å²) in [6, 6.07) is 10.7. The normalized spacial score (nSPS) is 10.2. The zero-order valence-corrected chi connectivity index (χ0v) is 11.2. The van der Waals surface area contributed by atoms with Crippen molar-refractivity contribution in [2.24, 2.45) is 0 Å².